The highest BCUT2D eigenvalue weighted by molar-refractivity contribution is 7.99. The van der Waals surface area contributed by atoms with E-state index in [0.717, 1.165) is 12.8 Å². The molecule has 184 valence electrons. The molecule has 1 amide bonds. The van der Waals surface area contributed by atoms with E-state index >= 15 is 0 Å². The molecule has 0 saturated carbocycles. The summed E-state index contributed by atoms with van der Waals surface area (Å²) in [5, 5.41) is 36.5. The summed E-state index contributed by atoms with van der Waals surface area (Å²) >= 11 is 7.58. The molecular formula is C23H39ClN2O5S. The van der Waals surface area contributed by atoms with Gasteiger partial charge in [0.2, 0.25) is 5.91 Å². The minimum Gasteiger partial charge on any atom is -0.388 e. The molecule has 2 rings (SSSR count). The predicted molar refractivity (Wildman–Crippen MR) is 130 cm³/mol. The lowest BCUT2D eigenvalue weighted by atomic mass is 9.93. The van der Waals surface area contributed by atoms with Crippen molar-refractivity contribution in [2.75, 3.05) is 12.8 Å². The van der Waals surface area contributed by atoms with Crippen LogP contribution in [0.15, 0.2) is 23.8 Å². The Hall–Kier alpha value is -0.610. The molecule has 2 aliphatic heterocycles. The summed E-state index contributed by atoms with van der Waals surface area (Å²) in [6, 6.07) is -1.16. The topological polar surface area (TPSA) is 111 Å². The molecule has 3 unspecified atom stereocenters. The summed E-state index contributed by atoms with van der Waals surface area (Å²) in [5.74, 6) is -0.232. The van der Waals surface area contributed by atoms with Crippen LogP contribution in [0.1, 0.15) is 52.4 Å². The standard InChI is InChI=1S/C23H39ClN2O5S/c1-4-5-6-7-8-9-15-10-11-16(25-13-12-15)22(30)26-17(14(2)24)21-19(28)18(27)20(29)23(31-21)32-3/h8-10,14,16-21,23,25,27-29H,4-7,11-13H2,1-3H3,(H,26,30)/b9-8+/t14-,16-,17+,18?,19?,20+,21+,23?/m0/s1. The monoisotopic (exact) mass is 490 g/mol. The Kier molecular flexibility index (Phi) is 12.0. The second kappa shape index (κ2) is 13.9. The van der Waals surface area contributed by atoms with Gasteiger partial charge in [-0.2, -0.15) is 0 Å². The fourth-order valence-corrected chi connectivity index (χ4v) is 4.92. The maximum atomic E-state index is 13.0. The number of hydrogen-bond donors (Lipinski definition) is 5. The van der Waals surface area contributed by atoms with Crippen molar-refractivity contribution in [2.24, 2.45) is 0 Å². The highest BCUT2D eigenvalue weighted by Gasteiger charge is 2.48. The summed E-state index contributed by atoms with van der Waals surface area (Å²) < 4.78 is 5.82. The Balaban J connectivity index is 2.00. The van der Waals surface area contributed by atoms with Crippen LogP contribution in [-0.2, 0) is 9.53 Å². The zero-order valence-electron chi connectivity index (χ0n) is 19.2. The van der Waals surface area contributed by atoms with E-state index in [-0.39, 0.29) is 5.91 Å². The minimum atomic E-state index is -1.38. The number of thioether (sulfide) groups is 1. The number of ether oxygens (including phenoxy) is 1. The average Bonchev–Trinajstić information content (AvgIpc) is 3.02. The zero-order chi connectivity index (χ0) is 23.7. The van der Waals surface area contributed by atoms with Crippen molar-refractivity contribution >= 4 is 29.3 Å². The molecular weight excluding hydrogens is 452 g/mol. The molecule has 5 N–H and O–H groups in total. The number of rotatable bonds is 10. The van der Waals surface area contributed by atoms with E-state index in [1.165, 1.54) is 36.6 Å². The van der Waals surface area contributed by atoms with E-state index in [1.807, 2.05) is 0 Å². The number of carbonyl (C=O) groups is 1. The second-order valence-electron chi connectivity index (χ2n) is 8.56. The van der Waals surface area contributed by atoms with Gasteiger partial charge in [-0.1, -0.05) is 43.6 Å². The van der Waals surface area contributed by atoms with Crippen molar-refractivity contribution in [2.45, 2.75) is 99.7 Å². The van der Waals surface area contributed by atoms with Crippen LogP contribution >= 0.6 is 23.4 Å². The number of unbranched alkanes of at least 4 members (excludes halogenated alkanes) is 3. The van der Waals surface area contributed by atoms with Crippen LogP contribution in [-0.4, -0.2) is 81.3 Å². The van der Waals surface area contributed by atoms with Gasteiger partial charge in [0.1, 0.15) is 29.9 Å². The molecule has 8 atom stereocenters. The molecule has 1 saturated heterocycles. The molecule has 0 aromatic rings. The SMILES string of the molecule is CCCCC/C=C/C1=CC[C@@H](C(=O)N[C@H]([C@H](C)Cl)[C@H]2OC(SC)[C@H](O)C(O)C2O)NCC1. The molecule has 0 bridgehead atoms. The average molecular weight is 491 g/mol. The van der Waals surface area contributed by atoms with E-state index in [0.29, 0.717) is 13.0 Å². The number of carbonyl (C=O) groups excluding carboxylic acids is 1. The van der Waals surface area contributed by atoms with Gasteiger partial charge in [0, 0.05) is 0 Å². The van der Waals surface area contributed by atoms with Crippen LogP contribution in [0.2, 0.25) is 0 Å². The molecule has 32 heavy (non-hydrogen) atoms. The number of alkyl halides is 1. The van der Waals surface area contributed by atoms with Crippen molar-refractivity contribution in [3.63, 3.8) is 0 Å². The molecule has 0 aromatic heterocycles. The van der Waals surface area contributed by atoms with E-state index in [9.17, 15) is 20.1 Å². The van der Waals surface area contributed by atoms with Gasteiger partial charge in [0.25, 0.3) is 0 Å². The fraction of sp³-hybridized carbons (Fsp3) is 0.783. The minimum absolute atomic E-state index is 0.232. The third-order valence-corrected chi connectivity index (χ3v) is 7.17. The van der Waals surface area contributed by atoms with E-state index < -0.39 is 47.3 Å². The van der Waals surface area contributed by atoms with Gasteiger partial charge < -0.3 is 30.7 Å². The number of hydrogen-bond acceptors (Lipinski definition) is 7. The van der Waals surface area contributed by atoms with Crippen molar-refractivity contribution in [1.82, 2.24) is 10.6 Å². The summed E-state index contributed by atoms with van der Waals surface area (Å²) in [6.07, 6.45) is 9.39. The lowest BCUT2D eigenvalue weighted by Crippen LogP contribution is -2.65. The largest absolute Gasteiger partial charge is 0.388 e. The van der Waals surface area contributed by atoms with Crippen LogP contribution in [0.25, 0.3) is 0 Å². The third-order valence-electron chi connectivity index (χ3n) is 6.04. The normalized spacial score (nSPS) is 33.4. The molecule has 7 nitrogen and oxygen atoms in total. The zero-order valence-corrected chi connectivity index (χ0v) is 20.8. The maximum Gasteiger partial charge on any atom is 0.237 e. The first-order valence-electron chi connectivity index (χ1n) is 11.6. The first-order chi connectivity index (χ1) is 15.3. The molecule has 0 spiro atoms. The Morgan fingerprint density at radius 2 is 2.09 bits per heavy atom. The van der Waals surface area contributed by atoms with E-state index in [1.54, 1.807) is 13.2 Å². The van der Waals surface area contributed by atoms with Crippen molar-refractivity contribution in [1.29, 1.82) is 0 Å². The van der Waals surface area contributed by atoms with Gasteiger partial charge in [-0.05, 0) is 45.4 Å². The summed E-state index contributed by atoms with van der Waals surface area (Å²) in [6.45, 7) is 4.58. The highest BCUT2D eigenvalue weighted by Crippen LogP contribution is 2.30. The van der Waals surface area contributed by atoms with Gasteiger partial charge in [0.15, 0.2) is 0 Å². The Bertz CT molecular complexity index is 646. The third kappa shape index (κ3) is 7.72. The maximum absolute atomic E-state index is 13.0. The van der Waals surface area contributed by atoms with Crippen LogP contribution < -0.4 is 10.6 Å². The number of aliphatic hydroxyl groups is 3. The van der Waals surface area contributed by atoms with Crippen LogP contribution in [0.3, 0.4) is 0 Å². The second-order valence-corrected chi connectivity index (χ2v) is 10.2. The number of allylic oxidation sites excluding steroid dienone is 2. The van der Waals surface area contributed by atoms with E-state index in [2.05, 4.69) is 35.8 Å². The number of halogens is 1. The van der Waals surface area contributed by atoms with Crippen LogP contribution in [0.5, 0.6) is 0 Å². The van der Waals surface area contributed by atoms with Crippen molar-refractivity contribution in [3.8, 4) is 0 Å². The predicted octanol–water partition coefficient (Wildman–Crippen LogP) is 2.08. The molecule has 1 fully saturated rings. The molecule has 2 aliphatic rings. The smallest absolute Gasteiger partial charge is 0.237 e. The molecule has 9 heteroatoms. The van der Waals surface area contributed by atoms with Gasteiger partial charge in [-0.3, -0.25) is 4.79 Å². The van der Waals surface area contributed by atoms with Gasteiger partial charge in [0.05, 0.1) is 17.5 Å². The summed E-state index contributed by atoms with van der Waals surface area (Å²) in [7, 11) is 0. The molecule has 2 heterocycles. The highest BCUT2D eigenvalue weighted by atomic mass is 35.5. The summed E-state index contributed by atoms with van der Waals surface area (Å²) in [5.41, 5.74) is 0.497. The van der Waals surface area contributed by atoms with Gasteiger partial charge >= 0.3 is 0 Å². The van der Waals surface area contributed by atoms with Crippen LogP contribution in [0.4, 0.5) is 0 Å². The lowest BCUT2D eigenvalue weighted by molar-refractivity contribution is -0.205. The van der Waals surface area contributed by atoms with Gasteiger partial charge in [-0.15, -0.1) is 23.4 Å². The molecule has 0 aliphatic carbocycles. The Labute approximate surface area is 201 Å². The first kappa shape index (κ1) is 27.6. The quantitative estimate of drug-likeness (QED) is 0.235. The first-order valence-corrected chi connectivity index (χ1v) is 13.3. The number of aliphatic hydroxyl groups excluding tert-OH is 3. The van der Waals surface area contributed by atoms with Crippen molar-refractivity contribution in [3.05, 3.63) is 23.8 Å². The van der Waals surface area contributed by atoms with Crippen LogP contribution in [0, 0.1) is 0 Å². The summed E-state index contributed by atoms with van der Waals surface area (Å²) in [4.78, 5) is 13.0. The van der Waals surface area contributed by atoms with Gasteiger partial charge in [-0.25, -0.2) is 0 Å². The number of nitrogens with one attached hydrogen (secondary N) is 2. The Morgan fingerprint density at radius 1 is 1.34 bits per heavy atom. The number of amides is 1. The van der Waals surface area contributed by atoms with E-state index in [4.69, 9.17) is 16.3 Å². The lowest BCUT2D eigenvalue weighted by Gasteiger charge is -2.44. The van der Waals surface area contributed by atoms with Crippen molar-refractivity contribution < 1.29 is 24.9 Å². The fourth-order valence-electron chi connectivity index (χ4n) is 4.03. The molecule has 0 radical (unpaired) electrons. The molecule has 0 aromatic carbocycles. The Morgan fingerprint density at radius 3 is 2.75 bits per heavy atom.